The number of rotatable bonds is 9. The maximum atomic E-state index is 13.1. The van der Waals surface area contributed by atoms with Crippen molar-refractivity contribution in [2.24, 2.45) is 0 Å². The van der Waals surface area contributed by atoms with Crippen molar-refractivity contribution in [2.45, 2.75) is 39.0 Å². The summed E-state index contributed by atoms with van der Waals surface area (Å²) < 4.78 is 18.0. The van der Waals surface area contributed by atoms with E-state index in [1.165, 1.54) is 12.1 Å². The molecule has 2 aromatic carbocycles. The van der Waals surface area contributed by atoms with Crippen molar-refractivity contribution in [3.63, 3.8) is 0 Å². The van der Waals surface area contributed by atoms with Crippen molar-refractivity contribution in [1.29, 1.82) is 0 Å². The number of benzene rings is 2. The second-order valence-corrected chi connectivity index (χ2v) is 6.16. The minimum atomic E-state index is -0.845. The molecule has 0 fully saturated rings. The summed E-state index contributed by atoms with van der Waals surface area (Å²) in [6.45, 7) is 2.12. The molecular weight excluding hydrogens is 335 g/mol. The van der Waals surface area contributed by atoms with Crippen LogP contribution in [-0.2, 0) is 33.6 Å². The first kappa shape index (κ1) is 19.6. The number of hydrogen-bond acceptors (Lipinski definition) is 3. The lowest BCUT2D eigenvalue weighted by Gasteiger charge is -2.10. The lowest BCUT2D eigenvalue weighted by Crippen LogP contribution is -2.06. The van der Waals surface area contributed by atoms with Crippen LogP contribution in [0.3, 0.4) is 0 Å². The van der Waals surface area contributed by atoms with E-state index < -0.39 is 5.97 Å². The lowest BCUT2D eigenvalue weighted by atomic mass is 9.96. The number of aliphatic carboxylic acids is 1. The van der Waals surface area contributed by atoms with Gasteiger partial charge in [-0.05, 0) is 60.6 Å². The number of esters is 1. The second kappa shape index (κ2) is 9.70. The first-order valence-corrected chi connectivity index (χ1v) is 8.70. The van der Waals surface area contributed by atoms with Crippen LogP contribution >= 0.6 is 0 Å². The summed E-state index contributed by atoms with van der Waals surface area (Å²) in [5.74, 6) is -1.37. The van der Waals surface area contributed by atoms with Crippen molar-refractivity contribution in [3.05, 3.63) is 70.5 Å². The molecule has 5 heteroatoms. The molecule has 138 valence electrons. The predicted octanol–water partition coefficient (Wildman–Crippen LogP) is 3.93. The third-order valence-corrected chi connectivity index (χ3v) is 3.98. The molecular formula is C21H23FO4. The third kappa shape index (κ3) is 6.67. The molecule has 0 saturated heterocycles. The molecule has 2 aromatic rings. The van der Waals surface area contributed by atoms with Crippen molar-refractivity contribution in [2.75, 3.05) is 6.61 Å². The number of ether oxygens (including phenoxy) is 1. The fraction of sp³-hybridized carbons (Fsp3) is 0.333. The molecule has 0 spiro atoms. The molecule has 0 bridgehead atoms. The molecule has 4 nitrogen and oxygen atoms in total. The van der Waals surface area contributed by atoms with Crippen LogP contribution in [0.25, 0.3) is 0 Å². The maximum Gasteiger partial charge on any atom is 0.306 e. The Morgan fingerprint density at radius 2 is 1.50 bits per heavy atom. The first-order chi connectivity index (χ1) is 12.5. The topological polar surface area (TPSA) is 63.6 Å². The number of aryl methyl sites for hydroxylation is 2. The summed E-state index contributed by atoms with van der Waals surface area (Å²) in [4.78, 5) is 22.4. The Bertz CT molecular complexity index is 753. The van der Waals surface area contributed by atoms with Gasteiger partial charge >= 0.3 is 11.9 Å². The molecule has 0 atom stereocenters. The average Bonchev–Trinajstić information content (AvgIpc) is 2.60. The highest BCUT2D eigenvalue weighted by molar-refractivity contribution is 5.69. The van der Waals surface area contributed by atoms with E-state index in [0.29, 0.717) is 25.9 Å². The molecule has 2 rings (SSSR count). The van der Waals surface area contributed by atoms with Crippen molar-refractivity contribution >= 4 is 11.9 Å². The molecule has 0 aliphatic rings. The Morgan fingerprint density at radius 1 is 0.923 bits per heavy atom. The first-order valence-electron chi connectivity index (χ1n) is 8.70. The molecule has 0 heterocycles. The number of hydrogen-bond donors (Lipinski definition) is 1. The Hall–Kier alpha value is -2.69. The monoisotopic (exact) mass is 358 g/mol. The Labute approximate surface area is 152 Å². The standard InChI is InChI=1S/C21H23FO4/c1-2-26-21(25)10-6-17-12-16(5-9-20(23)24)13-18(14-17)11-15-3-7-19(22)8-4-15/h3-4,7-8,12-14H,2,5-6,9-11H2,1H3,(H,23,24). The largest absolute Gasteiger partial charge is 0.481 e. The van der Waals surface area contributed by atoms with Crippen LogP contribution in [0.5, 0.6) is 0 Å². The van der Waals surface area contributed by atoms with Crippen LogP contribution in [0.4, 0.5) is 4.39 Å². The highest BCUT2D eigenvalue weighted by Gasteiger charge is 2.08. The van der Waals surface area contributed by atoms with Gasteiger partial charge in [0, 0.05) is 12.8 Å². The van der Waals surface area contributed by atoms with Gasteiger partial charge in [-0.3, -0.25) is 9.59 Å². The van der Waals surface area contributed by atoms with E-state index in [1.54, 1.807) is 19.1 Å². The van der Waals surface area contributed by atoms with Gasteiger partial charge in [-0.1, -0.05) is 30.3 Å². The molecule has 0 amide bonds. The Kier molecular flexibility index (Phi) is 7.33. The van der Waals surface area contributed by atoms with E-state index in [-0.39, 0.29) is 24.6 Å². The van der Waals surface area contributed by atoms with Gasteiger partial charge in [-0.25, -0.2) is 4.39 Å². The highest BCUT2D eigenvalue weighted by atomic mass is 19.1. The molecule has 0 radical (unpaired) electrons. The molecule has 0 aliphatic carbocycles. The number of halogens is 1. The van der Waals surface area contributed by atoms with E-state index >= 15 is 0 Å². The minimum absolute atomic E-state index is 0.0529. The van der Waals surface area contributed by atoms with Crippen molar-refractivity contribution in [1.82, 2.24) is 0 Å². The van der Waals surface area contributed by atoms with Crippen molar-refractivity contribution in [3.8, 4) is 0 Å². The van der Waals surface area contributed by atoms with Gasteiger partial charge in [-0.2, -0.15) is 0 Å². The fourth-order valence-electron chi connectivity index (χ4n) is 2.80. The smallest absolute Gasteiger partial charge is 0.306 e. The van der Waals surface area contributed by atoms with Crippen LogP contribution in [0.2, 0.25) is 0 Å². The molecule has 0 saturated carbocycles. The average molecular weight is 358 g/mol. The lowest BCUT2D eigenvalue weighted by molar-refractivity contribution is -0.143. The quantitative estimate of drug-likeness (QED) is 0.690. The van der Waals surface area contributed by atoms with E-state index in [4.69, 9.17) is 9.84 Å². The van der Waals surface area contributed by atoms with E-state index in [0.717, 1.165) is 22.3 Å². The molecule has 26 heavy (non-hydrogen) atoms. The zero-order chi connectivity index (χ0) is 18.9. The van der Waals surface area contributed by atoms with Gasteiger partial charge in [-0.15, -0.1) is 0 Å². The minimum Gasteiger partial charge on any atom is -0.481 e. The van der Waals surface area contributed by atoms with Crippen molar-refractivity contribution < 1.29 is 23.8 Å². The van der Waals surface area contributed by atoms with Crippen LogP contribution in [0.1, 0.15) is 42.0 Å². The number of carboxylic acids is 1. The maximum absolute atomic E-state index is 13.1. The summed E-state index contributed by atoms with van der Waals surface area (Å²) in [5.41, 5.74) is 3.88. The van der Waals surface area contributed by atoms with Crippen LogP contribution in [0, 0.1) is 5.82 Å². The number of carbonyl (C=O) groups excluding carboxylic acids is 1. The SMILES string of the molecule is CCOC(=O)CCc1cc(CCC(=O)O)cc(Cc2ccc(F)cc2)c1. The highest BCUT2D eigenvalue weighted by Crippen LogP contribution is 2.18. The van der Waals surface area contributed by atoms with Gasteiger partial charge in [0.05, 0.1) is 6.61 Å². The van der Waals surface area contributed by atoms with Gasteiger partial charge in [0.2, 0.25) is 0 Å². The summed E-state index contributed by atoms with van der Waals surface area (Å²) in [7, 11) is 0. The molecule has 0 unspecified atom stereocenters. The molecule has 0 aromatic heterocycles. The fourth-order valence-corrected chi connectivity index (χ4v) is 2.80. The summed E-state index contributed by atoms with van der Waals surface area (Å²) in [5, 5.41) is 8.91. The van der Waals surface area contributed by atoms with Crippen LogP contribution in [-0.4, -0.2) is 23.7 Å². The zero-order valence-electron chi connectivity index (χ0n) is 14.8. The van der Waals surface area contributed by atoms with E-state index in [9.17, 15) is 14.0 Å². The molecule has 0 aliphatic heterocycles. The van der Waals surface area contributed by atoms with Gasteiger partial charge in [0.1, 0.15) is 5.82 Å². The van der Waals surface area contributed by atoms with E-state index in [1.807, 2.05) is 18.2 Å². The second-order valence-electron chi connectivity index (χ2n) is 6.16. The van der Waals surface area contributed by atoms with Crippen LogP contribution < -0.4 is 0 Å². The van der Waals surface area contributed by atoms with Crippen LogP contribution in [0.15, 0.2) is 42.5 Å². The third-order valence-electron chi connectivity index (χ3n) is 3.98. The van der Waals surface area contributed by atoms with E-state index in [2.05, 4.69) is 0 Å². The summed E-state index contributed by atoms with van der Waals surface area (Å²) in [6.07, 6.45) is 1.92. The molecule has 1 N–H and O–H groups in total. The Morgan fingerprint density at radius 3 is 2.08 bits per heavy atom. The summed E-state index contributed by atoms with van der Waals surface area (Å²) >= 11 is 0. The van der Waals surface area contributed by atoms with Gasteiger partial charge in [0.25, 0.3) is 0 Å². The summed E-state index contributed by atoms with van der Waals surface area (Å²) in [6, 6.07) is 12.2. The van der Waals surface area contributed by atoms with Gasteiger partial charge < -0.3 is 9.84 Å². The van der Waals surface area contributed by atoms with Gasteiger partial charge in [0.15, 0.2) is 0 Å². The Balaban J connectivity index is 2.17. The number of carboxylic acid groups (broad SMARTS) is 1. The predicted molar refractivity (Wildman–Crippen MR) is 96.6 cm³/mol. The normalized spacial score (nSPS) is 10.5. The number of carbonyl (C=O) groups is 2. The zero-order valence-corrected chi connectivity index (χ0v) is 14.8.